The van der Waals surface area contributed by atoms with Crippen molar-refractivity contribution in [1.82, 2.24) is 9.97 Å². The summed E-state index contributed by atoms with van der Waals surface area (Å²) in [5.41, 5.74) is 4.26. The lowest BCUT2D eigenvalue weighted by Gasteiger charge is -2.33. The number of Topliss-reactive ketones (excluding diaryl/α,β-unsaturated/α-hetero) is 1. The van der Waals surface area contributed by atoms with Gasteiger partial charge in [0.05, 0.1) is 5.56 Å². The van der Waals surface area contributed by atoms with E-state index in [1.54, 1.807) is 11.8 Å². The molecular weight excluding hydrogens is 382 g/mol. The van der Waals surface area contributed by atoms with Crippen molar-refractivity contribution in [3.8, 4) is 0 Å². The van der Waals surface area contributed by atoms with Crippen molar-refractivity contribution in [2.45, 2.75) is 69.2 Å². The number of thioether (sulfide) groups is 1. The van der Waals surface area contributed by atoms with Crippen molar-refractivity contribution in [3.05, 3.63) is 62.6 Å². The summed E-state index contributed by atoms with van der Waals surface area (Å²) in [5.74, 6) is 0.364. The van der Waals surface area contributed by atoms with Gasteiger partial charge in [-0.05, 0) is 36.8 Å². The van der Waals surface area contributed by atoms with Crippen molar-refractivity contribution < 1.29 is 4.79 Å². The van der Waals surface area contributed by atoms with E-state index in [-0.39, 0.29) is 17.3 Å². The number of hydrogen-bond donors (Lipinski definition) is 2. The summed E-state index contributed by atoms with van der Waals surface area (Å²) in [7, 11) is 0. The summed E-state index contributed by atoms with van der Waals surface area (Å²) < 4.78 is 0. The molecule has 2 atom stereocenters. The van der Waals surface area contributed by atoms with Crippen molar-refractivity contribution in [2.24, 2.45) is 0 Å². The van der Waals surface area contributed by atoms with Crippen LogP contribution < -0.4 is 10.9 Å². The number of H-pyrrole nitrogens is 1. The Balaban J connectivity index is 1.86. The van der Waals surface area contributed by atoms with Crippen molar-refractivity contribution in [2.75, 3.05) is 5.32 Å². The number of nitrogens with zero attached hydrogens (tertiary/aromatic N) is 1. The SMILES string of the molecule is CCc1ccc(C2C3=C(CCCC3=O)Nc3nc(SC(C)CC)[nH]c(=O)c32)cc1. The van der Waals surface area contributed by atoms with Crippen LogP contribution in [0.25, 0.3) is 0 Å². The number of ketones is 1. The third-order valence-electron chi connectivity index (χ3n) is 5.85. The number of aromatic amines is 1. The molecule has 0 saturated carbocycles. The zero-order valence-electron chi connectivity index (χ0n) is 17.2. The molecule has 6 heteroatoms. The van der Waals surface area contributed by atoms with Crippen molar-refractivity contribution in [3.63, 3.8) is 0 Å². The third-order valence-corrected chi connectivity index (χ3v) is 7.00. The standard InChI is InChI=1S/C23H27N3O2S/c1-4-13(3)29-23-25-21-20(22(28)26-23)18(15-11-9-14(5-2)10-12-15)19-16(24-21)7-6-8-17(19)27/h9-13,18H,4-8H2,1-3H3,(H2,24,25,26,28). The van der Waals surface area contributed by atoms with E-state index in [1.807, 2.05) is 12.1 Å². The first-order valence-electron chi connectivity index (χ1n) is 10.4. The van der Waals surface area contributed by atoms with Crippen LogP contribution >= 0.6 is 11.8 Å². The molecule has 0 saturated heterocycles. The Hall–Kier alpha value is -2.34. The normalized spacial score (nSPS) is 19.4. The number of allylic oxidation sites excluding steroid dienone is 2. The largest absolute Gasteiger partial charge is 0.343 e. The smallest absolute Gasteiger partial charge is 0.257 e. The van der Waals surface area contributed by atoms with E-state index in [9.17, 15) is 9.59 Å². The first-order chi connectivity index (χ1) is 14.0. The van der Waals surface area contributed by atoms with Crippen LogP contribution in [0, 0.1) is 0 Å². The minimum atomic E-state index is -0.362. The number of aryl methyl sites for hydroxylation is 1. The van der Waals surface area contributed by atoms with Gasteiger partial charge >= 0.3 is 0 Å². The molecule has 29 heavy (non-hydrogen) atoms. The molecule has 0 radical (unpaired) electrons. The van der Waals surface area contributed by atoms with Gasteiger partial charge in [0.15, 0.2) is 10.9 Å². The van der Waals surface area contributed by atoms with Gasteiger partial charge in [-0.2, -0.15) is 0 Å². The number of rotatable bonds is 5. The summed E-state index contributed by atoms with van der Waals surface area (Å²) in [6.07, 6.45) is 4.13. The molecule has 2 heterocycles. The molecular formula is C23H27N3O2S. The molecule has 1 aromatic carbocycles. The maximum absolute atomic E-state index is 13.2. The molecule has 1 aliphatic carbocycles. The van der Waals surface area contributed by atoms with Gasteiger partial charge in [0.1, 0.15) is 5.82 Å². The van der Waals surface area contributed by atoms with Crippen LogP contribution in [0.5, 0.6) is 0 Å². The maximum atomic E-state index is 13.2. The second kappa shape index (κ2) is 8.19. The lowest BCUT2D eigenvalue weighted by Crippen LogP contribution is -2.32. The summed E-state index contributed by atoms with van der Waals surface area (Å²) in [6, 6.07) is 8.26. The monoisotopic (exact) mass is 409 g/mol. The van der Waals surface area contributed by atoms with Crippen molar-refractivity contribution in [1.29, 1.82) is 0 Å². The van der Waals surface area contributed by atoms with E-state index >= 15 is 0 Å². The van der Waals surface area contributed by atoms with E-state index in [0.717, 1.165) is 42.5 Å². The lowest BCUT2D eigenvalue weighted by atomic mass is 9.76. The van der Waals surface area contributed by atoms with Crippen LogP contribution in [-0.4, -0.2) is 21.0 Å². The minimum Gasteiger partial charge on any atom is -0.343 e. The molecule has 2 aromatic rings. The molecule has 0 fully saturated rings. The number of fused-ring (bicyclic) bond motifs is 1. The quantitative estimate of drug-likeness (QED) is 0.549. The van der Waals surface area contributed by atoms with Crippen LogP contribution in [-0.2, 0) is 11.2 Å². The van der Waals surface area contributed by atoms with Crippen LogP contribution in [0.4, 0.5) is 5.82 Å². The lowest BCUT2D eigenvalue weighted by molar-refractivity contribution is -0.116. The topological polar surface area (TPSA) is 74.8 Å². The molecule has 0 amide bonds. The Morgan fingerprint density at radius 3 is 2.62 bits per heavy atom. The van der Waals surface area contributed by atoms with E-state index < -0.39 is 0 Å². The van der Waals surface area contributed by atoms with Crippen LogP contribution in [0.2, 0.25) is 0 Å². The molecule has 4 rings (SSSR count). The number of carbonyl (C=O) groups excluding carboxylic acids is 1. The molecule has 5 nitrogen and oxygen atoms in total. The molecule has 2 aliphatic rings. The Kier molecular flexibility index (Phi) is 5.63. The summed E-state index contributed by atoms with van der Waals surface area (Å²) in [6.45, 7) is 6.36. The highest BCUT2D eigenvalue weighted by atomic mass is 32.2. The second-order valence-corrected chi connectivity index (χ2v) is 9.22. The summed E-state index contributed by atoms with van der Waals surface area (Å²) in [5, 5.41) is 4.33. The van der Waals surface area contributed by atoms with E-state index in [2.05, 4.69) is 43.2 Å². The van der Waals surface area contributed by atoms with Crippen LogP contribution in [0.3, 0.4) is 0 Å². The maximum Gasteiger partial charge on any atom is 0.257 e. The zero-order chi connectivity index (χ0) is 20.5. The highest BCUT2D eigenvalue weighted by molar-refractivity contribution is 7.99. The number of hydrogen-bond acceptors (Lipinski definition) is 5. The number of nitrogens with one attached hydrogen (secondary N) is 2. The Labute approximate surface area is 175 Å². The van der Waals surface area contributed by atoms with Crippen LogP contribution in [0.15, 0.2) is 45.5 Å². The highest BCUT2D eigenvalue weighted by Gasteiger charge is 2.37. The fourth-order valence-electron chi connectivity index (χ4n) is 4.05. The second-order valence-electron chi connectivity index (χ2n) is 7.79. The minimum absolute atomic E-state index is 0.131. The number of carbonyl (C=O) groups is 1. The summed E-state index contributed by atoms with van der Waals surface area (Å²) in [4.78, 5) is 33.7. The molecule has 152 valence electrons. The highest BCUT2D eigenvalue weighted by Crippen LogP contribution is 2.43. The first-order valence-corrected chi connectivity index (χ1v) is 11.3. The molecule has 0 bridgehead atoms. The van der Waals surface area contributed by atoms with Gasteiger partial charge < -0.3 is 10.3 Å². The van der Waals surface area contributed by atoms with Gasteiger partial charge in [-0.15, -0.1) is 0 Å². The average Bonchev–Trinajstić information content (AvgIpc) is 2.72. The Morgan fingerprint density at radius 1 is 1.17 bits per heavy atom. The number of benzene rings is 1. The first kappa shape index (κ1) is 20.0. The van der Waals surface area contributed by atoms with E-state index in [1.165, 1.54) is 5.56 Å². The van der Waals surface area contributed by atoms with Gasteiger partial charge in [-0.3, -0.25) is 9.59 Å². The summed E-state index contributed by atoms with van der Waals surface area (Å²) >= 11 is 1.57. The van der Waals surface area contributed by atoms with Gasteiger partial charge in [0, 0.05) is 28.9 Å². The fourth-order valence-corrected chi connectivity index (χ4v) is 4.89. The van der Waals surface area contributed by atoms with E-state index in [4.69, 9.17) is 4.98 Å². The van der Waals surface area contributed by atoms with Crippen molar-refractivity contribution >= 4 is 23.4 Å². The van der Waals surface area contributed by atoms with Gasteiger partial charge in [0.2, 0.25) is 0 Å². The fraction of sp³-hybridized carbons (Fsp3) is 0.435. The predicted octanol–water partition coefficient (Wildman–Crippen LogP) is 4.79. The van der Waals surface area contributed by atoms with Crippen LogP contribution in [0.1, 0.15) is 69.1 Å². The van der Waals surface area contributed by atoms with Gasteiger partial charge in [-0.1, -0.05) is 56.8 Å². The molecule has 2 N–H and O–H groups in total. The number of anilines is 1. The predicted molar refractivity (Wildman–Crippen MR) is 118 cm³/mol. The van der Waals surface area contributed by atoms with Gasteiger partial charge in [-0.25, -0.2) is 4.98 Å². The third kappa shape index (κ3) is 3.78. The molecule has 0 spiro atoms. The van der Waals surface area contributed by atoms with Gasteiger partial charge in [0.25, 0.3) is 5.56 Å². The zero-order valence-corrected chi connectivity index (χ0v) is 18.0. The Bertz CT molecular complexity index is 1020. The Morgan fingerprint density at radius 2 is 1.93 bits per heavy atom. The average molecular weight is 410 g/mol. The molecule has 1 aromatic heterocycles. The number of aromatic nitrogens is 2. The molecule has 2 unspecified atom stereocenters. The molecule has 1 aliphatic heterocycles. The van der Waals surface area contributed by atoms with E-state index in [0.29, 0.717) is 28.2 Å².